The fourth-order valence-corrected chi connectivity index (χ4v) is 2.83. The molecule has 1 unspecified atom stereocenters. The molecule has 172 valence electrons. The molecule has 0 bridgehead atoms. The zero-order valence-electron chi connectivity index (χ0n) is 19.3. The number of esters is 1. The van der Waals surface area contributed by atoms with E-state index in [9.17, 15) is 19.2 Å². The van der Waals surface area contributed by atoms with E-state index in [1.807, 2.05) is 0 Å². The quantitative estimate of drug-likeness (QED) is 0.635. The van der Waals surface area contributed by atoms with Crippen LogP contribution in [0.3, 0.4) is 0 Å². The van der Waals surface area contributed by atoms with E-state index >= 15 is 0 Å². The number of hydrogen-bond donors (Lipinski definition) is 2. The van der Waals surface area contributed by atoms with Gasteiger partial charge in [-0.1, -0.05) is 30.3 Å². The maximum absolute atomic E-state index is 13.2. The average molecular weight is 436 g/mol. The van der Waals surface area contributed by atoms with Crippen molar-refractivity contribution in [2.75, 3.05) is 20.2 Å². The van der Waals surface area contributed by atoms with Gasteiger partial charge in [0.1, 0.15) is 24.7 Å². The third kappa shape index (κ3) is 8.65. The maximum atomic E-state index is 13.2. The van der Waals surface area contributed by atoms with Gasteiger partial charge in [-0.3, -0.25) is 14.4 Å². The Balaban J connectivity index is 3.18. The molecule has 9 nitrogen and oxygen atoms in total. The van der Waals surface area contributed by atoms with E-state index in [1.54, 1.807) is 71.9 Å². The second-order valence-corrected chi connectivity index (χ2v) is 8.90. The topological polar surface area (TPSA) is 114 Å². The number of nitrogens with zero attached hydrogens (tertiary/aromatic N) is 1. The van der Waals surface area contributed by atoms with Gasteiger partial charge in [0, 0.05) is 5.54 Å². The first-order valence-electron chi connectivity index (χ1n) is 9.94. The van der Waals surface area contributed by atoms with Crippen molar-refractivity contribution < 1.29 is 28.7 Å². The molecule has 0 aliphatic carbocycles. The Morgan fingerprint density at radius 3 is 2.00 bits per heavy atom. The van der Waals surface area contributed by atoms with Gasteiger partial charge in [0.2, 0.25) is 11.8 Å². The summed E-state index contributed by atoms with van der Waals surface area (Å²) < 4.78 is 9.74. The van der Waals surface area contributed by atoms with Crippen LogP contribution in [-0.4, -0.2) is 60.1 Å². The number of nitrogens with one attached hydrogen (secondary N) is 2. The summed E-state index contributed by atoms with van der Waals surface area (Å²) in [6, 6.07) is 7.70. The molecule has 1 aromatic carbocycles. The molecule has 1 atom stereocenters. The van der Waals surface area contributed by atoms with Crippen LogP contribution in [0.15, 0.2) is 30.3 Å². The van der Waals surface area contributed by atoms with Gasteiger partial charge in [0.25, 0.3) is 0 Å². The van der Waals surface area contributed by atoms with Crippen molar-refractivity contribution in [1.82, 2.24) is 15.5 Å². The smallest absolute Gasteiger partial charge is 0.408 e. The van der Waals surface area contributed by atoms with Crippen molar-refractivity contribution in [3.05, 3.63) is 35.9 Å². The molecular weight excluding hydrogens is 402 g/mol. The van der Waals surface area contributed by atoms with Crippen molar-refractivity contribution in [3.8, 4) is 0 Å². The molecule has 0 fully saturated rings. The molecule has 0 heterocycles. The van der Waals surface area contributed by atoms with Gasteiger partial charge in [0.05, 0.1) is 7.11 Å². The lowest BCUT2D eigenvalue weighted by Crippen LogP contribution is -2.55. The third-order valence-electron chi connectivity index (χ3n) is 4.03. The molecule has 1 aromatic rings. The highest BCUT2D eigenvalue weighted by Crippen LogP contribution is 2.29. The second-order valence-electron chi connectivity index (χ2n) is 8.90. The highest BCUT2D eigenvalue weighted by Gasteiger charge is 2.38. The van der Waals surface area contributed by atoms with Crippen LogP contribution in [0.25, 0.3) is 0 Å². The minimum absolute atomic E-state index is 0.332. The normalized spacial score (nSPS) is 12.4. The number of alkyl carbamates (subject to hydrolysis) is 1. The van der Waals surface area contributed by atoms with E-state index in [4.69, 9.17) is 4.74 Å². The van der Waals surface area contributed by atoms with Gasteiger partial charge in [-0.25, -0.2) is 4.79 Å². The fourth-order valence-electron chi connectivity index (χ4n) is 2.83. The van der Waals surface area contributed by atoms with Gasteiger partial charge in [-0.2, -0.15) is 0 Å². The molecule has 0 saturated heterocycles. The Kier molecular flexibility index (Phi) is 9.02. The maximum Gasteiger partial charge on any atom is 0.408 e. The number of hydrogen-bond acceptors (Lipinski definition) is 6. The highest BCUT2D eigenvalue weighted by molar-refractivity contribution is 5.92. The zero-order chi connectivity index (χ0) is 23.8. The summed E-state index contributed by atoms with van der Waals surface area (Å²) in [7, 11) is 1.22. The van der Waals surface area contributed by atoms with Crippen molar-refractivity contribution >= 4 is 23.9 Å². The predicted octanol–water partition coefficient (Wildman–Crippen LogP) is 2.17. The molecule has 0 saturated carbocycles. The minimum atomic E-state index is -1.03. The van der Waals surface area contributed by atoms with Gasteiger partial charge >= 0.3 is 12.1 Å². The lowest BCUT2D eigenvalue weighted by atomic mass is 9.96. The van der Waals surface area contributed by atoms with Crippen LogP contribution in [0, 0.1) is 0 Å². The Morgan fingerprint density at radius 1 is 0.935 bits per heavy atom. The van der Waals surface area contributed by atoms with E-state index in [1.165, 1.54) is 12.0 Å². The van der Waals surface area contributed by atoms with E-state index in [2.05, 4.69) is 15.4 Å². The van der Waals surface area contributed by atoms with E-state index < -0.39 is 41.1 Å². The lowest BCUT2D eigenvalue weighted by Gasteiger charge is -2.41. The van der Waals surface area contributed by atoms with E-state index in [0.29, 0.717) is 5.56 Å². The van der Waals surface area contributed by atoms with Gasteiger partial charge < -0.3 is 25.0 Å². The van der Waals surface area contributed by atoms with Crippen LogP contribution in [-0.2, 0) is 23.9 Å². The highest BCUT2D eigenvalue weighted by atomic mass is 16.6. The SMILES string of the molecule is COC(=O)CNC(=O)C(c1ccccc1)N(C(=O)CNC(=O)OC(C)(C)C)C(C)(C)C. The van der Waals surface area contributed by atoms with Crippen molar-refractivity contribution in [1.29, 1.82) is 0 Å². The van der Waals surface area contributed by atoms with Gasteiger partial charge in [-0.15, -0.1) is 0 Å². The summed E-state index contributed by atoms with van der Waals surface area (Å²) in [6.07, 6.45) is -0.735. The number of benzene rings is 1. The van der Waals surface area contributed by atoms with Gasteiger partial charge in [0.15, 0.2) is 0 Å². The van der Waals surface area contributed by atoms with E-state index in [-0.39, 0.29) is 13.1 Å². The standard InChI is InChI=1S/C22H33N3O6/c1-21(2,3)25(16(26)13-24-20(29)31-22(4,5)6)18(15-11-9-8-10-12-15)19(28)23-14-17(27)30-7/h8-12,18H,13-14H2,1-7H3,(H,23,28)(H,24,29). The Morgan fingerprint density at radius 2 is 1.52 bits per heavy atom. The minimum Gasteiger partial charge on any atom is -0.468 e. The summed E-state index contributed by atoms with van der Waals surface area (Å²) in [4.78, 5) is 51.1. The Hall–Kier alpha value is -3.10. The number of methoxy groups -OCH3 is 1. The van der Waals surface area contributed by atoms with Crippen LogP contribution in [0.2, 0.25) is 0 Å². The molecule has 0 aliphatic rings. The van der Waals surface area contributed by atoms with Crippen LogP contribution in [0.5, 0.6) is 0 Å². The molecule has 31 heavy (non-hydrogen) atoms. The molecule has 0 aromatic heterocycles. The molecule has 1 rings (SSSR count). The molecule has 0 spiro atoms. The number of amides is 3. The second kappa shape index (κ2) is 10.8. The Labute approximate surface area is 183 Å². The third-order valence-corrected chi connectivity index (χ3v) is 4.03. The summed E-state index contributed by atoms with van der Waals surface area (Å²) in [5.41, 5.74) is -0.932. The van der Waals surface area contributed by atoms with Crippen molar-refractivity contribution in [2.45, 2.75) is 58.7 Å². The average Bonchev–Trinajstić information content (AvgIpc) is 2.66. The van der Waals surface area contributed by atoms with Crippen LogP contribution < -0.4 is 10.6 Å². The monoisotopic (exact) mass is 435 g/mol. The molecule has 0 radical (unpaired) electrons. The summed E-state index contributed by atoms with van der Waals surface area (Å²) >= 11 is 0. The molecule has 3 amide bonds. The zero-order valence-corrected chi connectivity index (χ0v) is 19.3. The van der Waals surface area contributed by atoms with Crippen molar-refractivity contribution in [2.24, 2.45) is 0 Å². The lowest BCUT2D eigenvalue weighted by molar-refractivity contribution is -0.147. The van der Waals surface area contributed by atoms with E-state index in [0.717, 1.165) is 0 Å². The number of rotatable bonds is 7. The summed E-state index contributed by atoms with van der Waals surface area (Å²) in [6.45, 7) is 9.79. The number of carbonyl (C=O) groups is 4. The first-order chi connectivity index (χ1) is 14.3. The first-order valence-corrected chi connectivity index (χ1v) is 9.94. The first kappa shape index (κ1) is 25.9. The molecule has 0 aliphatic heterocycles. The summed E-state index contributed by atoms with van der Waals surface area (Å²) in [5.74, 6) is -1.64. The van der Waals surface area contributed by atoms with Crippen LogP contribution in [0.4, 0.5) is 4.79 Å². The largest absolute Gasteiger partial charge is 0.468 e. The number of carbonyl (C=O) groups excluding carboxylic acids is 4. The predicted molar refractivity (Wildman–Crippen MR) is 115 cm³/mol. The van der Waals surface area contributed by atoms with Gasteiger partial charge in [-0.05, 0) is 47.1 Å². The van der Waals surface area contributed by atoms with Crippen LogP contribution >= 0.6 is 0 Å². The molecular formula is C22H33N3O6. The van der Waals surface area contributed by atoms with Crippen molar-refractivity contribution in [3.63, 3.8) is 0 Å². The Bertz CT molecular complexity index is 781. The molecule has 9 heteroatoms. The number of ether oxygens (including phenoxy) is 2. The summed E-state index contributed by atoms with van der Waals surface area (Å²) in [5, 5.41) is 4.95. The fraction of sp³-hybridized carbons (Fsp3) is 0.545. The van der Waals surface area contributed by atoms with Crippen LogP contribution in [0.1, 0.15) is 53.1 Å². The molecule has 2 N–H and O–H groups in total.